The van der Waals surface area contributed by atoms with Gasteiger partial charge in [-0.3, -0.25) is 0 Å². The van der Waals surface area contributed by atoms with Crippen LogP contribution in [0, 0.1) is 13.8 Å². The van der Waals surface area contributed by atoms with Gasteiger partial charge >= 0.3 is 0 Å². The summed E-state index contributed by atoms with van der Waals surface area (Å²) < 4.78 is 0. The fraction of sp³-hybridized carbons (Fsp3) is 0.143. The van der Waals surface area contributed by atoms with Crippen LogP contribution in [-0.4, -0.2) is 15.3 Å². The summed E-state index contributed by atoms with van der Waals surface area (Å²) in [6, 6.07) is 8.13. The average molecular weight is 230 g/mol. The maximum absolute atomic E-state index is 9.94. The summed E-state index contributed by atoms with van der Waals surface area (Å²) >= 11 is 0. The molecule has 0 fully saturated rings. The van der Waals surface area contributed by atoms with Crippen LogP contribution in [0.5, 0.6) is 17.2 Å². The lowest BCUT2D eigenvalue weighted by Crippen LogP contribution is -1.86. The molecule has 3 heteroatoms. The van der Waals surface area contributed by atoms with Crippen LogP contribution >= 0.6 is 0 Å². The van der Waals surface area contributed by atoms with Crippen LogP contribution in [-0.2, 0) is 0 Å². The fourth-order valence-electron chi connectivity index (χ4n) is 2.00. The molecule has 0 radical (unpaired) electrons. The van der Waals surface area contributed by atoms with Gasteiger partial charge in [0.05, 0.1) is 0 Å². The smallest absolute Gasteiger partial charge is 0.158 e. The standard InChI is InChI=1S/C14H14O3/c1-8-5-9(2)14(13(17)6-8)10-3-4-11(15)12(16)7-10/h3-7,15-17H,1-2H3. The molecule has 0 aromatic heterocycles. The van der Waals surface area contributed by atoms with Crippen molar-refractivity contribution in [3.63, 3.8) is 0 Å². The van der Waals surface area contributed by atoms with Crippen molar-refractivity contribution in [2.75, 3.05) is 0 Å². The van der Waals surface area contributed by atoms with Crippen LogP contribution < -0.4 is 0 Å². The largest absolute Gasteiger partial charge is 0.507 e. The van der Waals surface area contributed by atoms with Gasteiger partial charge in [0.25, 0.3) is 0 Å². The first-order valence-corrected chi connectivity index (χ1v) is 5.31. The van der Waals surface area contributed by atoms with E-state index < -0.39 is 0 Å². The summed E-state index contributed by atoms with van der Waals surface area (Å²) in [4.78, 5) is 0. The predicted molar refractivity (Wildman–Crippen MR) is 66.3 cm³/mol. The molecule has 3 nitrogen and oxygen atoms in total. The Morgan fingerprint density at radius 1 is 0.765 bits per heavy atom. The monoisotopic (exact) mass is 230 g/mol. The highest BCUT2D eigenvalue weighted by Gasteiger charge is 2.10. The first-order valence-electron chi connectivity index (χ1n) is 5.31. The second-order valence-electron chi connectivity index (χ2n) is 4.18. The Balaban J connectivity index is 2.64. The molecule has 2 aromatic carbocycles. The van der Waals surface area contributed by atoms with E-state index in [2.05, 4.69) is 0 Å². The topological polar surface area (TPSA) is 60.7 Å². The molecule has 3 N–H and O–H groups in total. The molecule has 0 aliphatic rings. The number of aromatic hydroxyl groups is 3. The number of hydrogen-bond donors (Lipinski definition) is 3. The van der Waals surface area contributed by atoms with Crippen molar-refractivity contribution in [2.24, 2.45) is 0 Å². The predicted octanol–water partition coefficient (Wildman–Crippen LogP) is 3.09. The summed E-state index contributed by atoms with van der Waals surface area (Å²) in [5.74, 6) is -0.188. The molecule has 0 spiro atoms. The van der Waals surface area contributed by atoms with E-state index in [0.29, 0.717) is 11.1 Å². The number of benzene rings is 2. The lowest BCUT2D eigenvalue weighted by molar-refractivity contribution is 0.404. The lowest BCUT2D eigenvalue weighted by Gasteiger charge is -2.10. The summed E-state index contributed by atoms with van der Waals surface area (Å²) in [5.41, 5.74) is 3.25. The van der Waals surface area contributed by atoms with Gasteiger partial charge in [-0.05, 0) is 48.7 Å². The van der Waals surface area contributed by atoms with Crippen molar-refractivity contribution < 1.29 is 15.3 Å². The Bertz CT molecular complexity index is 551. The first kappa shape index (κ1) is 11.3. The number of phenolic OH excluding ortho intramolecular Hbond substituents is 3. The fourth-order valence-corrected chi connectivity index (χ4v) is 2.00. The van der Waals surface area contributed by atoms with Gasteiger partial charge in [0, 0.05) is 5.56 Å². The minimum atomic E-state index is -0.193. The van der Waals surface area contributed by atoms with Gasteiger partial charge in [0.15, 0.2) is 11.5 Å². The van der Waals surface area contributed by atoms with Crippen LogP contribution in [0.15, 0.2) is 30.3 Å². The second kappa shape index (κ2) is 4.01. The number of rotatable bonds is 1. The summed E-state index contributed by atoms with van der Waals surface area (Å²) in [7, 11) is 0. The zero-order chi connectivity index (χ0) is 12.6. The van der Waals surface area contributed by atoms with Crippen molar-refractivity contribution in [3.8, 4) is 28.4 Å². The maximum Gasteiger partial charge on any atom is 0.158 e. The molecule has 0 saturated heterocycles. The lowest BCUT2D eigenvalue weighted by atomic mass is 9.97. The highest BCUT2D eigenvalue weighted by Crippen LogP contribution is 2.37. The summed E-state index contributed by atoms with van der Waals surface area (Å²) in [5, 5.41) is 28.7. The van der Waals surface area contributed by atoms with Gasteiger partial charge in [-0.2, -0.15) is 0 Å². The maximum atomic E-state index is 9.94. The third-order valence-corrected chi connectivity index (χ3v) is 2.72. The van der Waals surface area contributed by atoms with Crippen LogP contribution in [0.2, 0.25) is 0 Å². The zero-order valence-corrected chi connectivity index (χ0v) is 9.73. The Hall–Kier alpha value is -2.16. The van der Waals surface area contributed by atoms with E-state index >= 15 is 0 Å². The quantitative estimate of drug-likeness (QED) is 0.660. The molecular weight excluding hydrogens is 216 g/mol. The molecule has 88 valence electrons. The van der Waals surface area contributed by atoms with E-state index in [4.69, 9.17) is 0 Å². The minimum Gasteiger partial charge on any atom is -0.507 e. The molecular formula is C14H14O3. The summed E-state index contributed by atoms with van der Waals surface area (Å²) in [6.07, 6.45) is 0. The third-order valence-electron chi connectivity index (χ3n) is 2.72. The zero-order valence-electron chi connectivity index (χ0n) is 9.73. The van der Waals surface area contributed by atoms with Gasteiger partial charge in [-0.25, -0.2) is 0 Å². The molecule has 0 saturated carbocycles. The van der Waals surface area contributed by atoms with Crippen molar-refractivity contribution in [1.82, 2.24) is 0 Å². The van der Waals surface area contributed by atoms with Crippen LogP contribution in [0.4, 0.5) is 0 Å². The van der Waals surface area contributed by atoms with Crippen LogP contribution in [0.3, 0.4) is 0 Å². The molecule has 0 amide bonds. The molecule has 2 rings (SSSR count). The van der Waals surface area contributed by atoms with Crippen LogP contribution in [0.1, 0.15) is 11.1 Å². The molecule has 17 heavy (non-hydrogen) atoms. The van der Waals surface area contributed by atoms with Gasteiger partial charge in [0.2, 0.25) is 0 Å². The highest BCUT2D eigenvalue weighted by atomic mass is 16.3. The van der Waals surface area contributed by atoms with E-state index in [1.807, 2.05) is 19.9 Å². The molecule has 0 heterocycles. The molecule has 0 atom stereocenters. The number of phenols is 3. The molecule has 2 aromatic rings. The van der Waals surface area contributed by atoms with Crippen molar-refractivity contribution in [3.05, 3.63) is 41.5 Å². The minimum absolute atomic E-state index is 0.169. The number of hydrogen-bond acceptors (Lipinski definition) is 3. The normalized spacial score (nSPS) is 10.5. The van der Waals surface area contributed by atoms with Crippen molar-refractivity contribution in [2.45, 2.75) is 13.8 Å². The van der Waals surface area contributed by atoms with Crippen molar-refractivity contribution >= 4 is 0 Å². The Morgan fingerprint density at radius 3 is 2.06 bits per heavy atom. The van der Waals surface area contributed by atoms with Gasteiger partial charge in [-0.15, -0.1) is 0 Å². The van der Waals surface area contributed by atoms with Crippen molar-refractivity contribution in [1.29, 1.82) is 0 Å². The van der Waals surface area contributed by atoms with Gasteiger partial charge in [-0.1, -0.05) is 12.1 Å². The Kier molecular flexibility index (Phi) is 2.68. The highest BCUT2D eigenvalue weighted by molar-refractivity contribution is 5.75. The molecule has 0 aliphatic heterocycles. The van der Waals surface area contributed by atoms with Crippen LogP contribution in [0.25, 0.3) is 11.1 Å². The van der Waals surface area contributed by atoms with Gasteiger partial charge in [0.1, 0.15) is 5.75 Å². The SMILES string of the molecule is Cc1cc(C)c(-c2ccc(O)c(O)c2)c(O)c1. The van der Waals surface area contributed by atoms with E-state index in [1.165, 1.54) is 12.1 Å². The third kappa shape index (κ3) is 2.04. The molecule has 0 unspecified atom stereocenters. The van der Waals surface area contributed by atoms with E-state index in [1.54, 1.807) is 12.1 Å². The second-order valence-corrected chi connectivity index (χ2v) is 4.18. The number of aryl methyl sites for hydroxylation is 2. The molecule has 0 bridgehead atoms. The Labute approximate surface area is 99.6 Å². The Morgan fingerprint density at radius 2 is 1.47 bits per heavy atom. The summed E-state index contributed by atoms with van der Waals surface area (Å²) in [6.45, 7) is 3.80. The van der Waals surface area contributed by atoms with E-state index in [0.717, 1.165) is 11.1 Å². The van der Waals surface area contributed by atoms with Gasteiger partial charge < -0.3 is 15.3 Å². The average Bonchev–Trinajstić information content (AvgIpc) is 2.21. The first-order chi connectivity index (χ1) is 7.99. The van der Waals surface area contributed by atoms with E-state index in [-0.39, 0.29) is 17.2 Å². The molecule has 0 aliphatic carbocycles. The van der Waals surface area contributed by atoms with E-state index in [9.17, 15) is 15.3 Å².